The van der Waals surface area contributed by atoms with Gasteiger partial charge in [-0.1, -0.05) is 216 Å². The Labute approximate surface area is 390 Å². The minimum Gasteiger partial charge on any atom is -0.756 e. The standard InChI is InChI=1S/C54H100NO7P/c1-6-8-10-12-14-16-18-20-22-24-25-26-27-28-29-30-31-32-33-35-37-39-41-43-45-47-54(56)62-53(52-61-63(57,58)60-50-48-55(3,4)5)51-59-49-46-44-42-40-38-36-34-23-21-19-17-15-13-11-9-7-2/h8,10,14,16,20,22,25-26,28-29,53H,6-7,9,11-13,15,17-19,21,23-24,27,30-52H2,1-5H3/b10-8-,16-14-,22-20-,26-25-,29-28-. The topological polar surface area (TPSA) is 94.1 Å². The second kappa shape index (κ2) is 46.7. The Balaban J connectivity index is 4.13. The van der Waals surface area contributed by atoms with Crippen molar-refractivity contribution in [3.63, 3.8) is 0 Å². The molecule has 0 spiro atoms. The van der Waals surface area contributed by atoms with Crippen molar-refractivity contribution < 1.29 is 37.3 Å². The first-order valence-corrected chi connectivity index (χ1v) is 27.5. The fourth-order valence-electron chi connectivity index (χ4n) is 7.10. The summed E-state index contributed by atoms with van der Waals surface area (Å²) in [6.07, 6.45) is 59.5. The SMILES string of the molecule is CC/C=C\C/C=C\C/C=C\C/C=C\C/C=C\CCCCCCCCCCCC(=O)OC(COCCCCCCCCCCCCCCCCCC)COP(=O)([O-])OCC[N+](C)(C)C. The van der Waals surface area contributed by atoms with Gasteiger partial charge >= 0.3 is 5.97 Å². The summed E-state index contributed by atoms with van der Waals surface area (Å²) in [5.74, 6) is -0.339. The summed E-state index contributed by atoms with van der Waals surface area (Å²) in [6.45, 7) is 5.32. The van der Waals surface area contributed by atoms with Crippen LogP contribution in [0.15, 0.2) is 60.8 Å². The monoisotopic (exact) mass is 906 g/mol. The van der Waals surface area contributed by atoms with Gasteiger partial charge in [-0.25, -0.2) is 0 Å². The predicted molar refractivity (Wildman–Crippen MR) is 268 cm³/mol. The zero-order valence-corrected chi connectivity index (χ0v) is 42.7. The summed E-state index contributed by atoms with van der Waals surface area (Å²) in [7, 11) is 1.35. The number of phosphoric acid groups is 1. The van der Waals surface area contributed by atoms with Crippen LogP contribution in [0.5, 0.6) is 0 Å². The second-order valence-corrected chi connectivity index (χ2v) is 19.9. The summed E-state index contributed by atoms with van der Waals surface area (Å²) in [5, 5.41) is 0. The first-order chi connectivity index (χ1) is 30.6. The number of phosphoric ester groups is 1. The van der Waals surface area contributed by atoms with Crippen molar-refractivity contribution in [1.29, 1.82) is 0 Å². The fourth-order valence-corrected chi connectivity index (χ4v) is 7.83. The van der Waals surface area contributed by atoms with Crippen molar-refractivity contribution in [2.45, 2.75) is 225 Å². The molecule has 0 fully saturated rings. The van der Waals surface area contributed by atoms with Gasteiger partial charge in [-0.15, -0.1) is 0 Å². The summed E-state index contributed by atoms with van der Waals surface area (Å²) in [4.78, 5) is 25.2. The number of likely N-dealkylation sites (N-methyl/N-ethyl adjacent to an activating group) is 1. The van der Waals surface area contributed by atoms with Crippen LogP contribution in [0.4, 0.5) is 0 Å². The van der Waals surface area contributed by atoms with Crippen molar-refractivity contribution >= 4 is 13.8 Å². The van der Waals surface area contributed by atoms with Gasteiger partial charge in [-0.2, -0.15) is 0 Å². The second-order valence-electron chi connectivity index (χ2n) is 18.5. The number of unbranched alkanes of at least 4 members (excludes halogenated alkanes) is 24. The number of ether oxygens (including phenoxy) is 2. The molecule has 0 rings (SSSR count). The van der Waals surface area contributed by atoms with E-state index in [4.69, 9.17) is 18.5 Å². The number of carbonyl (C=O) groups is 1. The predicted octanol–water partition coefficient (Wildman–Crippen LogP) is 15.4. The smallest absolute Gasteiger partial charge is 0.306 e. The molecule has 0 aliphatic heterocycles. The number of esters is 1. The molecule has 0 heterocycles. The van der Waals surface area contributed by atoms with E-state index in [1.807, 2.05) is 21.1 Å². The van der Waals surface area contributed by atoms with E-state index in [1.165, 1.54) is 128 Å². The van der Waals surface area contributed by atoms with Gasteiger partial charge in [0, 0.05) is 13.0 Å². The zero-order valence-electron chi connectivity index (χ0n) is 41.8. The molecule has 2 atom stereocenters. The molecule has 8 nitrogen and oxygen atoms in total. The molecule has 0 saturated heterocycles. The van der Waals surface area contributed by atoms with Crippen LogP contribution >= 0.6 is 7.82 Å². The largest absolute Gasteiger partial charge is 0.756 e. The molecule has 0 radical (unpaired) electrons. The van der Waals surface area contributed by atoms with Crippen molar-refractivity contribution in [1.82, 2.24) is 0 Å². The summed E-state index contributed by atoms with van der Waals surface area (Å²) >= 11 is 0. The number of quaternary nitrogens is 1. The van der Waals surface area contributed by atoms with Crippen molar-refractivity contribution in [2.75, 3.05) is 54.1 Å². The third kappa shape index (κ3) is 51.1. The first-order valence-electron chi connectivity index (χ1n) is 26.0. The Morgan fingerprint density at radius 2 is 0.921 bits per heavy atom. The number of allylic oxidation sites excluding steroid dienone is 10. The molecular weight excluding hydrogens is 806 g/mol. The Morgan fingerprint density at radius 1 is 0.508 bits per heavy atom. The minimum atomic E-state index is -4.53. The Bertz CT molecular complexity index is 1190. The summed E-state index contributed by atoms with van der Waals surface area (Å²) in [5.41, 5.74) is 0. The number of carbonyl (C=O) groups excluding carboxylic acids is 1. The van der Waals surface area contributed by atoms with Crippen molar-refractivity contribution in [3.05, 3.63) is 60.8 Å². The van der Waals surface area contributed by atoms with Gasteiger partial charge in [-0.05, 0) is 57.8 Å². The Morgan fingerprint density at radius 3 is 1.38 bits per heavy atom. The van der Waals surface area contributed by atoms with Crippen LogP contribution in [0.2, 0.25) is 0 Å². The molecule has 0 saturated carbocycles. The number of hydrogen-bond donors (Lipinski definition) is 0. The molecule has 2 unspecified atom stereocenters. The highest BCUT2D eigenvalue weighted by Gasteiger charge is 2.20. The number of nitrogens with zero attached hydrogens (tertiary/aromatic N) is 1. The van der Waals surface area contributed by atoms with E-state index in [1.54, 1.807) is 0 Å². The first kappa shape index (κ1) is 61.2. The normalized spacial score (nSPS) is 14.1. The van der Waals surface area contributed by atoms with Gasteiger partial charge in [0.15, 0.2) is 0 Å². The van der Waals surface area contributed by atoms with Crippen molar-refractivity contribution in [2.24, 2.45) is 0 Å². The number of rotatable bonds is 48. The van der Waals surface area contributed by atoms with Gasteiger partial charge < -0.3 is 27.9 Å². The minimum absolute atomic E-state index is 0.0241. The maximum Gasteiger partial charge on any atom is 0.306 e. The summed E-state index contributed by atoms with van der Waals surface area (Å²) in [6, 6.07) is 0. The average molecular weight is 906 g/mol. The quantitative estimate of drug-likeness (QED) is 0.0197. The highest BCUT2D eigenvalue weighted by molar-refractivity contribution is 7.45. The van der Waals surface area contributed by atoms with Crippen LogP contribution in [-0.2, 0) is 27.9 Å². The lowest BCUT2D eigenvalue weighted by molar-refractivity contribution is -0.870. The molecule has 0 aliphatic rings. The lowest BCUT2D eigenvalue weighted by Gasteiger charge is -2.28. The lowest BCUT2D eigenvalue weighted by atomic mass is 10.0. The fraction of sp³-hybridized carbons (Fsp3) is 0.796. The number of hydrogen-bond acceptors (Lipinski definition) is 7. The van der Waals surface area contributed by atoms with E-state index in [0.717, 1.165) is 70.6 Å². The van der Waals surface area contributed by atoms with Crippen LogP contribution in [-0.4, -0.2) is 70.7 Å². The molecule has 0 bridgehead atoms. The van der Waals surface area contributed by atoms with E-state index < -0.39 is 13.9 Å². The molecular formula is C54H100NO7P. The van der Waals surface area contributed by atoms with Crippen molar-refractivity contribution in [3.8, 4) is 0 Å². The van der Waals surface area contributed by atoms with E-state index in [9.17, 15) is 14.3 Å². The third-order valence-electron chi connectivity index (χ3n) is 11.1. The van der Waals surface area contributed by atoms with Gasteiger partial charge in [0.05, 0.1) is 34.4 Å². The molecule has 0 aromatic carbocycles. The van der Waals surface area contributed by atoms with Gasteiger partial charge in [-0.3, -0.25) is 9.36 Å². The van der Waals surface area contributed by atoms with E-state index in [2.05, 4.69) is 74.6 Å². The third-order valence-corrected chi connectivity index (χ3v) is 12.0. The Kier molecular flexibility index (Phi) is 45.4. The van der Waals surface area contributed by atoms with Gasteiger partial charge in [0.2, 0.25) is 0 Å². The molecule has 0 aromatic heterocycles. The highest BCUT2D eigenvalue weighted by Crippen LogP contribution is 2.38. The van der Waals surface area contributed by atoms with E-state index >= 15 is 0 Å². The molecule has 63 heavy (non-hydrogen) atoms. The van der Waals surface area contributed by atoms with Crippen LogP contribution < -0.4 is 4.89 Å². The van der Waals surface area contributed by atoms with Crippen LogP contribution in [0.3, 0.4) is 0 Å². The van der Waals surface area contributed by atoms with Gasteiger partial charge in [0.25, 0.3) is 7.82 Å². The van der Waals surface area contributed by atoms with Gasteiger partial charge in [0.1, 0.15) is 19.3 Å². The maximum atomic E-state index is 12.8. The average Bonchev–Trinajstić information content (AvgIpc) is 3.24. The van der Waals surface area contributed by atoms with E-state index in [0.29, 0.717) is 24.1 Å². The summed E-state index contributed by atoms with van der Waals surface area (Å²) < 4.78 is 34.8. The van der Waals surface area contributed by atoms with Crippen LogP contribution in [0.25, 0.3) is 0 Å². The molecule has 0 amide bonds. The lowest BCUT2D eigenvalue weighted by Crippen LogP contribution is -2.37. The molecule has 9 heteroatoms. The maximum absolute atomic E-state index is 12.8. The molecule has 0 aliphatic carbocycles. The van der Waals surface area contributed by atoms with Crippen LogP contribution in [0, 0.1) is 0 Å². The van der Waals surface area contributed by atoms with E-state index in [-0.39, 0.29) is 25.8 Å². The highest BCUT2D eigenvalue weighted by atomic mass is 31.2. The molecule has 0 aromatic rings. The molecule has 368 valence electrons. The Hall–Kier alpha value is -1.80. The van der Waals surface area contributed by atoms with Crippen LogP contribution in [0.1, 0.15) is 219 Å². The zero-order chi connectivity index (χ0) is 46.2. The molecule has 0 N–H and O–H groups in total.